The number of pyridine rings is 1. The van der Waals surface area contributed by atoms with Crippen molar-refractivity contribution in [3.8, 4) is 0 Å². The standard InChI is InChI=1S/C17H17N3/c1-11-4-3-5-13(8-11)20-17-14-9-12(2)6-7-16(14)19-10-15(17)18/h3-10H,18H2,1-2H3,(H,19,20). The lowest BCUT2D eigenvalue weighted by molar-refractivity contribution is 1.38. The van der Waals surface area contributed by atoms with Gasteiger partial charge >= 0.3 is 0 Å². The molecule has 100 valence electrons. The van der Waals surface area contributed by atoms with Crippen LogP contribution in [0.4, 0.5) is 17.1 Å². The van der Waals surface area contributed by atoms with E-state index in [1.54, 1.807) is 6.20 Å². The van der Waals surface area contributed by atoms with Gasteiger partial charge in [0.25, 0.3) is 0 Å². The first-order valence-corrected chi connectivity index (χ1v) is 6.62. The summed E-state index contributed by atoms with van der Waals surface area (Å²) < 4.78 is 0. The third-order valence-electron chi connectivity index (χ3n) is 3.34. The molecule has 0 aliphatic carbocycles. The van der Waals surface area contributed by atoms with E-state index in [4.69, 9.17) is 5.73 Å². The predicted molar refractivity (Wildman–Crippen MR) is 85.4 cm³/mol. The quantitative estimate of drug-likeness (QED) is 0.729. The molecule has 3 nitrogen and oxygen atoms in total. The van der Waals surface area contributed by atoms with Gasteiger partial charge in [-0.3, -0.25) is 4.98 Å². The van der Waals surface area contributed by atoms with E-state index in [1.807, 2.05) is 18.2 Å². The zero-order valence-electron chi connectivity index (χ0n) is 11.6. The lowest BCUT2D eigenvalue weighted by Gasteiger charge is -2.13. The van der Waals surface area contributed by atoms with Crippen molar-refractivity contribution in [2.75, 3.05) is 11.1 Å². The van der Waals surface area contributed by atoms with Crippen LogP contribution in [0, 0.1) is 13.8 Å². The van der Waals surface area contributed by atoms with Gasteiger partial charge in [-0.1, -0.05) is 23.8 Å². The number of aryl methyl sites for hydroxylation is 2. The number of fused-ring (bicyclic) bond motifs is 1. The molecule has 3 N–H and O–H groups in total. The van der Waals surface area contributed by atoms with Gasteiger partial charge in [0.05, 0.1) is 23.1 Å². The molecule has 3 aromatic rings. The Morgan fingerprint density at radius 2 is 1.80 bits per heavy atom. The summed E-state index contributed by atoms with van der Waals surface area (Å²) in [7, 11) is 0. The number of anilines is 3. The smallest absolute Gasteiger partial charge is 0.0746 e. The fourth-order valence-corrected chi connectivity index (χ4v) is 2.33. The minimum absolute atomic E-state index is 0.657. The van der Waals surface area contributed by atoms with Crippen molar-refractivity contribution < 1.29 is 0 Å². The first kappa shape index (κ1) is 12.5. The monoisotopic (exact) mass is 263 g/mol. The van der Waals surface area contributed by atoms with Gasteiger partial charge in [0.1, 0.15) is 0 Å². The van der Waals surface area contributed by atoms with E-state index < -0.39 is 0 Å². The predicted octanol–water partition coefficient (Wildman–Crippen LogP) is 4.18. The second-order valence-corrected chi connectivity index (χ2v) is 5.10. The van der Waals surface area contributed by atoms with Gasteiger partial charge in [-0.2, -0.15) is 0 Å². The lowest BCUT2D eigenvalue weighted by atomic mass is 10.1. The lowest BCUT2D eigenvalue weighted by Crippen LogP contribution is -1.99. The van der Waals surface area contributed by atoms with Crippen LogP contribution in [-0.2, 0) is 0 Å². The van der Waals surface area contributed by atoms with Crippen molar-refractivity contribution in [2.45, 2.75) is 13.8 Å². The highest BCUT2D eigenvalue weighted by Crippen LogP contribution is 2.31. The van der Waals surface area contributed by atoms with E-state index in [9.17, 15) is 0 Å². The van der Waals surface area contributed by atoms with E-state index in [-0.39, 0.29) is 0 Å². The van der Waals surface area contributed by atoms with Gasteiger partial charge in [0.2, 0.25) is 0 Å². The van der Waals surface area contributed by atoms with E-state index in [0.29, 0.717) is 5.69 Å². The largest absolute Gasteiger partial charge is 0.396 e. The first-order chi connectivity index (χ1) is 9.63. The van der Waals surface area contributed by atoms with E-state index in [2.05, 4.69) is 48.4 Å². The summed E-state index contributed by atoms with van der Waals surface area (Å²) in [6.07, 6.45) is 1.70. The number of benzene rings is 2. The van der Waals surface area contributed by atoms with E-state index in [1.165, 1.54) is 11.1 Å². The Balaban J connectivity index is 2.14. The maximum Gasteiger partial charge on any atom is 0.0746 e. The van der Waals surface area contributed by atoms with E-state index in [0.717, 1.165) is 22.3 Å². The molecule has 0 radical (unpaired) electrons. The average Bonchev–Trinajstić information content (AvgIpc) is 2.42. The van der Waals surface area contributed by atoms with Crippen LogP contribution >= 0.6 is 0 Å². The van der Waals surface area contributed by atoms with Crippen molar-refractivity contribution in [3.05, 3.63) is 59.8 Å². The normalized spacial score (nSPS) is 10.7. The minimum Gasteiger partial charge on any atom is -0.396 e. The molecule has 0 bridgehead atoms. The van der Waals surface area contributed by atoms with Crippen LogP contribution in [-0.4, -0.2) is 4.98 Å². The van der Waals surface area contributed by atoms with Crippen molar-refractivity contribution in [2.24, 2.45) is 0 Å². The fraction of sp³-hybridized carbons (Fsp3) is 0.118. The third kappa shape index (κ3) is 2.30. The van der Waals surface area contributed by atoms with Gasteiger partial charge < -0.3 is 11.1 Å². The summed E-state index contributed by atoms with van der Waals surface area (Å²) in [6, 6.07) is 14.4. The number of nitrogens with zero attached hydrogens (tertiary/aromatic N) is 1. The number of aromatic nitrogens is 1. The van der Waals surface area contributed by atoms with Crippen molar-refractivity contribution in [1.82, 2.24) is 4.98 Å². The number of hydrogen-bond donors (Lipinski definition) is 2. The van der Waals surface area contributed by atoms with Gasteiger partial charge in [-0.15, -0.1) is 0 Å². The molecule has 0 unspecified atom stereocenters. The highest BCUT2D eigenvalue weighted by atomic mass is 14.9. The van der Waals surface area contributed by atoms with Crippen LogP contribution in [0.2, 0.25) is 0 Å². The minimum atomic E-state index is 0.657. The topological polar surface area (TPSA) is 50.9 Å². The van der Waals surface area contributed by atoms with Crippen molar-refractivity contribution in [1.29, 1.82) is 0 Å². The Labute approximate surface area is 118 Å². The molecular formula is C17H17N3. The number of nitrogens with one attached hydrogen (secondary N) is 1. The molecular weight excluding hydrogens is 246 g/mol. The maximum absolute atomic E-state index is 6.10. The molecule has 2 aromatic carbocycles. The summed E-state index contributed by atoms with van der Waals surface area (Å²) in [4.78, 5) is 4.38. The summed E-state index contributed by atoms with van der Waals surface area (Å²) in [6.45, 7) is 4.14. The van der Waals surface area contributed by atoms with Crippen LogP contribution in [0.3, 0.4) is 0 Å². The molecule has 0 saturated heterocycles. The van der Waals surface area contributed by atoms with Crippen LogP contribution < -0.4 is 11.1 Å². The van der Waals surface area contributed by atoms with Crippen LogP contribution in [0.1, 0.15) is 11.1 Å². The molecule has 0 saturated carbocycles. The Morgan fingerprint density at radius 3 is 2.60 bits per heavy atom. The molecule has 1 aromatic heterocycles. The van der Waals surface area contributed by atoms with Crippen LogP contribution in [0.25, 0.3) is 10.9 Å². The number of nitrogens with two attached hydrogens (primary N) is 1. The zero-order valence-corrected chi connectivity index (χ0v) is 11.6. The fourth-order valence-electron chi connectivity index (χ4n) is 2.33. The molecule has 0 fully saturated rings. The summed E-state index contributed by atoms with van der Waals surface area (Å²) >= 11 is 0. The third-order valence-corrected chi connectivity index (χ3v) is 3.34. The molecule has 0 atom stereocenters. The highest BCUT2D eigenvalue weighted by Gasteiger charge is 2.07. The average molecular weight is 263 g/mol. The maximum atomic E-state index is 6.10. The Bertz CT molecular complexity index is 773. The van der Waals surface area contributed by atoms with E-state index >= 15 is 0 Å². The van der Waals surface area contributed by atoms with Gasteiger partial charge in [0.15, 0.2) is 0 Å². The van der Waals surface area contributed by atoms with Crippen LogP contribution in [0.15, 0.2) is 48.7 Å². The Morgan fingerprint density at radius 1 is 1.00 bits per heavy atom. The highest BCUT2D eigenvalue weighted by molar-refractivity contribution is 5.99. The summed E-state index contributed by atoms with van der Waals surface area (Å²) in [5.41, 5.74) is 12.1. The number of hydrogen-bond acceptors (Lipinski definition) is 3. The van der Waals surface area contributed by atoms with Gasteiger partial charge in [0, 0.05) is 11.1 Å². The second kappa shape index (κ2) is 4.85. The Kier molecular flexibility index (Phi) is 3.03. The van der Waals surface area contributed by atoms with Crippen molar-refractivity contribution >= 4 is 28.0 Å². The summed E-state index contributed by atoms with van der Waals surface area (Å²) in [5, 5.41) is 4.47. The molecule has 0 spiro atoms. The van der Waals surface area contributed by atoms with Gasteiger partial charge in [-0.05, 0) is 43.7 Å². The molecule has 0 aliphatic rings. The molecule has 3 rings (SSSR count). The van der Waals surface area contributed by atoms with Gasteiger partial charge in [-0.25, -0.2) is 0 Å². The molecule has 0 amide bonds. The Hall–Kier alpha value is -2.55. The number of rotatable bonds is 2. The molecule has 0 aliphatic heterocycles. The molecule has 3 heteroatoms. The summed E-state index contributed by atoms with van der Waals surface area (Å²) in [5.74, 6) is 0. The zero-order chi connectivity index (χ0) is 14.1. The van der Waals surface area contributed by atoms with Crippen molar-refractivity contribution in [3.63, 3.8) is 0 Å². The first-order valence-electron chi connectivity index (χ1n) is 6.62. The molecule has 20 heavy (non-hydrogen) atoms. The number of nitrogen functional groups attached to an aromatic ring is 1. The molecule has 1 heterocycles. The second-order valence-electron chi connectivity index (χ2n) is 5.10. The van der Waals surface area contributed by atoms with Crippen LogP contribution in [0.5, 0.6) is 0 Å². The SMILES string of the molecule is Cc1cccc(Nc2c(N)cnc3ccc(C)cc23)c1.